The Kier molecular flexibility index (Phi) is 9.52. The average molecular weight is 501 g/mol. The molecule has 0 heterocycles. The Labute approximate surface area is 220 Å². The standard InChI is InChI=1S/C32H36O5/c1-4-23-13-18-29-26(21-23)15-14-25-9-7-8-10-28(25)31(29)37-20-19-36-27-16-11-24(12-17-27)22-30(34-5-2)32(33)35-6-3/h7-18,21,30-31H,4-6,19-20,22H2,1-3H3. The predicted molar refractivity (Wildman–Crippen MR) is 147 cm³/mol. The van der Waals surface area contributed by atoms with Crippen molar-refractivity contribution < 1.29 is 23.7 Å². The quantitative estimate of drug-likeness (QED) is 0.212. The lowest BCUT2D eigenvalue weighted by Gasteiger charge is -2.21. The first-order valence-electron chi connectivity index (χ1n) is 13.1. The molecule has 0 saturated carbocycles. The topological polar surface area (TPSA) is 54.0 Å². The second kappa shape index (κ2) is 13.2. The number of rotatable bonds is 12. The number of benzene rings is 3. The van der Waals surface area contributed by atoms with Gasteiger partial charge in [-0.1, -0.05) is 73.7 Å². The van der Waals surface area contributed by atoms with Gasteiger partial charge in [-0.25, -0.2) is 4.79 Å². The maximum Gasteiger partial charge on any atom is 0.335 e. The van der Waals surface area contributed by atoms with Crippen LogP contribution in [0, 0.1) is 0 Å². The first-order valence-corrected chi connectivity index (χ1v) is 13.1. The lowest BCUT2D eigenvalue weighted by Crippen LogP contribution is -2.28. The molecule has 0 spiro atoms. The molecular weight excluding hydrogens is 464 g/mol. The van der Waals surface area contributed by atoms with Crippen LogP contribution in [-0.2, 0) is 31.8 Å². The van der Waals surface area contributed by atoms with Crippen molar-refractivity contribution in [1.29, 1.82) is 0 Å². The fourth-order valence-electron chi connectivity index (χ4n) is 4.56. The van der Waals surface area contributed by atoms with Crippen LogP contribution < -0.4 is 4.74 Å². The van der Waals surface area contributed by atoms with Crippen molar-refractivity contribution in [3.63, 3.8) is 0 Å². The van der Waals surface area contributed by atoms with E-state index in [0.717, 1.165) is 23.3 Å². The molecule has 0 amide bonds. The van der Waals surface area contributed by atoms with Gasteiger partial charge in [0.2, 0.25) is 0 Å². The zero-order valence-corrected chi connectivity index (χ0v) is 21.9. The minimum absolute atomic E-state index is 0.156. The number of hydrogen-bond acceptors (Lipinski definition) is 5. The van der Waals surface area contributed by atoms with E-state index in [0.29, 0.717) is 32.8 Å². The largest absolute Gasteiger partial charge is 0.491 e. The molecule has 0 aromatic heterocycles. The lowest BCUT2D eigenvalue weighted by molar-refractivity contribution is -0.156. The zero-order valence-electron chi connectivity index (χ0n) is 21.9. The van der Waals surface area contributed by atoms with E-state index in [9.17, 15) is 4.79 Å². The van der Waals surface area contributed by atoms with Crippen LogP contribution in [-0.4, -0.2) is 38.5 Å². The molecule has 37 heavy (non-hydrogen) atoms. The highest BCUT2D eigenvalue weighted by atomic mass is 16.6. The van der Waals surface area contributed by atoms with E-state index >= 15 is 0 Å². The molecular formula is C32H36O5. The Morgan fingerprint density at radius 3 is 2.30 bits per heavy atom. The fourth-order valence-corrected chi connectivity index (χ4v) is 4.56. The van der Waals surface area contributed by atoms with E-state index in [1.165, 1.54) is 22.3 Å². The number of aryl methyl sites for hydroxylation is 1. The highest BCUT2D eigenvalue weighted by Gasteiger charge is 2.23. The monoisotopic (exact) mass is 500 g/mol. The molecule has 194 valence electrons. The van der Waals surface area contributed by atoms with Gasteiger partial charge in [-0.2, -0.15) is 0 Å². The fraction of sp³-hybridized carbons (Fsp3) is 0.344. The van der Waals surface area contributed by atoms with Crippen molar-refractivity contribution in [3.8, 4) is 5.75 Å². The predicted octanol–water partition coefficient (Wildman–Crippen LogP) is 6.43. The summed E-state index contributed by atoms with van der Waals surface area (Å²) >= 11 is 0. The van der Waals surface area contributed by atoms with Crippen molar-refractivity contribution in [2.75, 3.05) is 26.4 Å². The van der Waals surface area contributed by atoms with Crippen LogP contribution in [0.15, 0.2) is 66.7 Å². The van der Waals surface area contributed by atoms with Crippen molar-refractivity contribution in [2.45, 2.75) is 45.8 Å². The molecule has 2 atom stereocenters. The number of fused-ring (bicyclic) bond motifs is 2. The van der Waals surface area contributed by atoms with E-state index in [2.05, 4.69) is 61.5 Å². The van der Waals surface area contributed by atoms with Gasteiger partial charge in [-0.05, 0) is 65.8 Å². The van der Waals surface area contributed by atoms with Gasteiger partial charge in [0, 0.05) is 13.0 Å². The number of ether oxygens (including phenoxy) is 4. The van der Waals surface area contributed by atoms with Crippen molar-refractivity contribution in [1.82, 2.24) is 0 Å². The average Bonchev–Trinajstić information content (AvgIpc) is 3.08. The summed E-state index contributed by atoms with van der Waals surface area (Å²) in [7, 11) is 0. The summed E-state index contributed by atoms with van der Waals surface area (Å²) in [5.74, 6) is 0.428. The van der Waals surface area contributed by atoms with Crippen LogP contribution in [0.3, 0.4) is 0 Å². The normalized spacial score (nSPS) is 14.8. The second-order valence-corrected chi connectivity index (χ2v) is 8.92. The molecule has 1 aliphatic carbocycles. The molecule has 5 heteroatoms. The third-order valence-corrected chi connectivity index (χ3v) is 6.46. The SMILES string of the molecule is CCOC(=O)C(Cc1ccc(OCCOC2c3ccccc3C=Cc3cc(CC)ccc32)cc1)OCC. The Hall–Kier alpha value is -3.41. The summed E-state index contributed by atoms with van der Waals surface area (Å²) in [6.45, 7) is 7.51. The van der Waals surface area contributed by atoms with Crippen LogP contribution in [0.1, 0.15) is 60.3 Å². The van der Waals surface area contributed by atoms with Crippen molar-refractivity contribution in [2.24, 2.45) is 0 Å². The highest BCUT2D eigenvalue weighted by Crippen LogP contribution is 2.35. The van der Waals surface area contributed by atoms with Gasteiger partial charge < -0.3 is 18.9 Å². The summed E-state index contributed by atoms with van der Waals surface area (Å²) < 4.78 is 23.1. The molecule has 5 nitrogen and oxygen atoms in total. The van der Waals surface area contributed by atoms with E-state index in [1.807, 2.05) is 31.2 Å². The molecule has 3 aromatic carbocycles. The Balaban J connectivity index is 1.37. The molecule has 4 rings (SSSR count). The van der Waals surface area contributed by atoms with Crippen LogP contribution in [0.5, 0.6) is 5.75 Å². The first kappa shape index (κ1) is 26.6. The van der Waals surface area contributed by atoms with Gasteiger partial charge in [0.15, 0.2) is 6.10 Å². The third-order valence-electron chi connectivity index (χ3n) is 6.46. The second-order valence-electron chi connectivity index (χ2n) is 8.92. The molecule has 0 aliphatic heterocycles. The van der Waals surface area contributed by atoms with Crippen molar-refractivity contribution >= 4 is 18.1 Å². The van der Waals surface area contributed by atoms with E-state index in [4.69, 9.17) is 18.9 Å². The first-order chi connectivity index (χ1) is 18.1. The van der Waals surface area contributed by atoms with Gasteiger partial charge in [0.1, 0.15) is 18.5 Å². The van der Waals surface area contributed by atoms with E-state index < -0.39 is 6.10 Å². The molecule has 0 fully saturated rings. The minimum Gasteiger partial charge on any atom is -0.491 e. The summed E-state index contributed by atoms with van der Waals surface area (Å²) in [5, 5.41) is 0. The number of hydrogen-bond donors (Lipinski definition) is 0. The van der Waals surface area contributed by atoms with Gasteiger partial charge in [-0.3, -0.25) is 0 Å². The number of esters is 1. The summed E-state index contributed by atoms with van der Waals surface area (Å²) in [6.07, 6.45) is 5.07. The Bertz CT molecular complexity index is 1200. The van der Waals surface area contributed by atoms with Crippen LogP contribution in [0.25, 0.3) is 12.2 Å². The van der Waals surface area contributed by atoms with Crippen LogP contribution in [0.2, 0.25) is 0 Å². The van der Waals surface area contributed by atoms with E-state index in [-0.39, 0.29) is 12.1 Å². The molecule has 0 bridgehead atoms. The molecule has 2 unspecified atom stereocenters. The van der Waals surface area contributed by atoms with Gasteiger partial charge in [0.25, 0.3) is 0 Å². The summed E-state index contributed by atoms with van der Waals surface area (Å²) in [6, 6.07) is 22.8. The van der Waals surface area contributed by atoms with E-state index in [1.54, 1.807) is 6.92 Å². The molecule has 0 radical (unpaired) electrons. The minimum atomic E-state index is -0.599. The van der Waals surface area contributed by atoms with Gasteiger partial charge in [0.05, 0.1) is 13.2 Å². The molecule has 0 N–H and O–H groups in total. The highest BCUT2D eigenvalue weighted by molar-refractivity contribution is 5.76. The number of carbonyl (C=O) groups is 1. The summed E-state index contributed by atoms with van der Waals surface area (Å²) in [4.78, 5) is 12.1. The number of carbonyl (C=O) groups excluding carboxylic acids is 1. The third kappa shape index (κ3) is 6.88. The van der Waals surface area contributed by atoms with Crippen LogP contribution in [0.4, 0.5) is 0 Å². The zero-order chi connectivity index (χ0) is 26.0. The van der Waals surface area contributed by atoms with Crippen molar-refractivity contribution in [3.05, 3.63) is 100 Å². The van der Waals surface area contributed by atoms with Crippen LogP contribution >= 0.6 is 0 Å². The Morgan fingerprint density at radius 2 is 1.54 bits per heavy atom. The molecule has 1 aliphatic rings. The lowest BCUT2D eigenvalue weighted by atomic mass is 9.95. The molecule has 3 aromatic rings. The maximum atomic E-state index is 12.1. The Morgan fingerprint density at radius 1 is 0.811 bits per heavy atom. The smallest absolute Gasteiger partial charge is 0.335 e. The van der Waals surface area contributed by atoms with Gasteiger partial charge >= 0.3 is 5.97 Å². The van der Waals surface area contributed by atoms with Gasteiger partial charge in [-0.15, -0.1) is 0 Å². The molecule has 0 saturated heterocycles. The summed E-state index contributed by atoms with van der Waals surface area (Å²) in [5.41, 5.74) is 7.01. The maximum absolute atomic E-state index is 12.1.